The van der Waals surface area contributed by atoms with Gasteiger partial charge in [0.15, 0.2) is 0 Å². The zero-order valence-electron chi connectivity index (χ0n) is 9.87. The third-order valence-electron chi connectivity index (χ3n) is 3.95. The summed E-state index contributed by atoms with van der Waals surface area (Å²) in [7, 11) is 0. The van der Waals surface area contributed by atoms with Gasteiger partial charge in [0.1, 0.15) is 0 Å². The van der Waals surface area contributed by atoms with E-state index in [2.05, 4.69) is 41.5 Å². The van der Waals surface area contributed by atoms with E-state index < -0.39 is 0 Å². The molecule has 1 aliphatic heterocycles. The molecule has 1 heteroatoms. The van der Waals surface area contributed by atoms with Crippen molar-refractivity contribution in [3.63, 3.8) is 0 Å². The summed E-state index contributed by atoms with van der Waals surface area (Å²) < 4.78 is 6.04. The predicted molar refractivity (Wildman–Crippen MR) is 56.7 cm³/mol. The molecule has 1 saturated heterocycles. The first kappa shape index (κ1) is 11.0. The minimum atomic E-state index is 0.429. The van der Waals surface area contributed by atoms with Crippen LogP contribution in [0.25, 0.3) is 0 Å². The Morgan fingerprint density at radius 1 is 0.846 bits per heavy atom. The predicted octanol–water partition coefficient (Wildman–Crippen LogP) is 3.34. The lowest BCUT2D eigenvalue weighted by molar-refractivity contribution is -0.141. The molecule has 0 radical (unpaired) electrons. The molecule has 0 amide bonds. The Labute approximate surface area is 82.9 Å². The van der Waals surface area contributed by atoms with Crippen LogP contribution >= 0.6 is 0 Å². The van der Waals surface area contributed by atoms with Crippen LogP contribution in [0.2, 0.25) is 0 Å². The molecule has 0 spiro atoms. The number of hydrogen-bond donors (Lipinski definition) is 0. The van der Waals surface area contributed by atoms with Crippen molar-refractivity contribution >= 4 is 0 Å². The summed E-state index contributed by atoms with van der Waals surface area (Å²) in [4.78, 5) is 0. The van der Waals surface area contributed by atoms with Crippen LogP contribution in [-0.4, -0.2) is 12.2 Å². The van der Waals surface area contributed by atoms with Gasteiger partial charge in [-0.05, 0) is 30.6 Å². The zero-order chi connectivity index (χ0) is 10.2. The molecule has 0 unspecified atom stereocenters. The SMILES string of the molecule is CC(C)[C@H]1O[C@H](C)[C@H](C)[C@H](C)[C@@H]1C. The highest BCUT2D eigenvalue weighted by Crippen LogP contribution is 2.37. The van der Waals surface area contributed by atoms with E-state index in [1.54, 1.807) is 0 Å². The first-order valence-corrected chi connectivity index (χ1v) is 5.60. The van der Waals surface area contributed by atoms with E-state index in [9.17, 15) is 0 Å². The molecule has 5 atom stereocenters. The summed E-state index contributed by atoms with van der Waals surface area (Å²) >= 11 is 0. The van der Waals surface area contributed by atoms with E-state index in [-0.39, 0.29) is 0 Å². The van der Waals surface area contributed by atoms with Crippen molar-refractivity contribution in [1.82, 2.24) is 0 Å². The molecule has 78 valence electrons. The standard InChI is InChI=1S/C12H24O/c1-7(2)12-10(5)8(3)9(4)11(6)13-12/h7-12H,1-6H3/t8-,9+,10-,11+,12+/m0/s1. The molecule has 0 N–H and O–H groups in total. The minimum absolute atomic E-state index is 0.429. The average Bonchev–Trinajstić information content (AvgIpc) is 2.07. The van der Waals surface area contributed by atoms with Gasteiger partial charge in [0.05, 0.1) is 12.2 Å². The van der Waals surface area contributed by atoms with E-state index in [0.29, 0.717) is 30.0 Å². The third kappa shape index (κ3) is 2.07. The summed E-state index contributed by atoms with van der Waals surface area (Å²) in [5.74, 6) is 2.83. The minimum Gasteiger partial charge on any atom is -0.374 e. The van der Waals surface area contributed by atoms with Gasteiger partial charge in [-0.25, -0.2) is 0 Å². The maximum Gasteiger partial charge on any atom is 0.0629 e. The third-order valence-corrected chi connectivity index (χ3v) is 3.95. The van der Waals surface area contributed by atoms with Gasteiger partial charge in [-0.1, -0.05) is 34.6 Å². The van der Waals surface area contributed by atoms with Crippen LogP contribution in [-0.2, 0) is 4.74 Å². The zero-order valence-corrected chi connectivity index (χ0v) is 9.87. The molecule has 1 rings (SSSR count). The van der Waals surface area contributed by atoms with Gasteiger partial charge in [0.25, 0.3) is 0 Å². The molecule has 1 nitrogen and oxygen atoms in total. The number of hydrogen-bond acceptors (Lipinski definition) is 1. The number of rotatable bonds is 1. The summed E-state index contributed by atoms with van der Waals surface area (Å²) in [6, 6.07) is 0. The van der Waals surface area contributed by atoms with E-state index in [1.807, 2.05) is 0 Å². The van der Waals surface area contributed by atoms with E-state index in [0.717, 1.165) is 5.92 Å². The van der Waals surface area contributed by atoms with E-state index in [4.69, 9.17) is 4.74 Å². The van der Waals surface area contributed by atoms with Crippen molar-refractivity contribution in [1.29, 1.82) is 0 Å². The van der Waals surface area contributed by atoms with Gasteiger partial charge in [-0.15, -0.1) is 0 Å². The fraction of sp³-hybridized carbons (Fsp3) is 1.00. The molecule has 13 heavy (non-hydrogen) atoms. The molecule has 0 aromatic rings. The molecule has 0 saturated carbocycles. The Morgan fingerprint density at radius 3 is 1.85 bits per heavy atom. The maximum atomic E-state index is 6.04. The molecule has 0 aromatic carbocycles. The van der Waals surface area contributed by atoms with Gasteiger partial charge in [-0.3, -0.25) is 0 Å². The topological polar surface area (TPSA) is 9.23 Å². The molecule has 0 aromatic heterocycles. The lowest BCUT2D eigenvalue weighted by atomic mass is 9.74. The van der Waals surface area contributed by atoms with Crippen LogP contribution in [0.3, 0.4) is 0 Å². The van der Waals surface area contributed by atoms with Gasteiger partial charge in [-0.2, -0.15) is 0 Å². The molecule has 1 aliphatic rings. The second-order valence-electron chi connectivity index (χ2n) is 5.13. The Bertz CT molecular complexity index is 165. The van der Waals surface area contributed by atoms with Crippen molar-refractivity contribution < 1.29 is 4.74 Å². The van der Waals surface area contributed by atoms with Crippen molar-refractivity contribution in [3.05, 3.63) is 0 Å². The van der Waals surface area contributed by atoms with Gasteiger partial charge in [0.2, 0.25) is 0 Å². The molecular weight excluding hydrogens is 160 g/mol. The maximum absolute atomic E-state index is 6.04. The summed E-state index contributed by atoms with van der Waals surface area (Å²) in [6.07, 6.45) is 0.889. The van der Waals surface area contributed by atoms with Gasteiger partial charge >= 0.3 is 0 Å². The summed E-state index contributed by atoms with van der Waals surface area (Å²) in [5, 5.41) is 0. The Kier molecular flexibility index (Phi) is 3.39. The summed E-state index contributed by atoms with van der Waals surface area (Å²) in [5.41, 5.74) is 0. The van der Waals surface area contributed by atoms with Crippen molar-refractivity contribution in [3.8, 4) is 0 Å². The van der Waals surface area contributed by atoms with E-state index >= 15 is 0 Å². The second-order valence-corrected chi connectivity index (χ2v) is 5.13. The smallest absolute Gasteiger partial charge is 0.0629 e. The normalized spacial score (nSPS) is 46.8. The quantitative estimate of drug-likeness (QED) is 0.607. The van der Waals surface area contributed by atoms with Crippen LogP contribution in [0.1, 0.15) is 41.5 Å². The molecule has 1 heterocycles. The van der Waals surface area contributed by atoms with Crippen molar-refractivity contribution in [2.75, 3.05) is 0 Å². The molecule has 1 fully saturated rings. The van der Waals surface area contributed by atoms with Crippen LogP contribution < -0.4 is 0 Å². The Morgan fingerprint density at radius 2 is 1.38 bits per heavy atom. The summed E-state index contributed by atoms with van der Waals surface area (Å²) in [6.45, 7) is 13.7. The van der Waals surface area contributed by atoms with Crippen LogP contribution in [0.5, 0.6) is 0 Å². The van der Waals surface area contributed by atoms with Gasteiger partial charge < -0.3 is 4.74 Å². The van der Waals surface area contributed by atoms with E-state index in [1.165, 1.54) is 0 Å². The largest absolute Gasteiger partial charge is 0.374 e. The Balaban J connectivity index is 2.70. The average molecular weight is 184 g/mol. The molecule has 0 aliphatic carbocycles. The lowest BCUT2D eigenvalue weighted by Crippen LogP contribution is -2.45. The fourth-order valence-electron chi connectivity index (χ4n) is 2.47. The highest BCUT2D eigenvalue weighted by atomic mass is 16.5. The lowest BCUT2D eigenvalue weighted by Gasteiger charge is -2.44. The van der Waals surface area contributed by atoms with Crippen molar-refractivity contribution in [2.45, 2.75) is 53.8 Å². The molecular formula is C12H24O. The van der Waals surface area contributed by atoms with Gasteiger partial charge in [0, 0.05) is 0 Å². The molecule has 0 bridgehead atoms. The van der Waals surface area contributed by atoms with Crippen LogP contribution in [0, 0.1) is 23.7 Å². The van der Waals surface area contributed by atoms with Crippen molar-refractivity contribution in [2.24, 2.45) is 23.7 Å². The first-order valence-electron chi connectivity index (χ1n) is 5.60. The Hall–Kier alpha value is -0.0400. The second kappa shape index (κ2) is 4.00. The fourth-order valence-corrected chi connectivity index (χ4v) is 2.47. The highest BCUT2D eigenvalue weighted by molar-refractivity contribution is 4.85. The van der Waals surface area contributed by atoms with Crippen LogP contribution in [0.15, 0.2) is 0 Å². The van der Waals surface area contributed by atoms with Crippen LogP contribution in [0.4, 0.5) is 0 Å². The first-order chi connectivity index (χ1) is 5.95. The highest BCUT2D eigenvalue weighted by Gasteiger charge is 2.37. The monoisotopic (exact) mass is 184 g/mol. The number of ether oxygens (including phenoxy) is 1.